The van der Waals surface area contributed by atoms with E-state index in [1.807, 2.05) is 6.92 Å². The van der Waals surface area contributed by atoms with Crippen molar-refractivity contribution in [2.45, 2.75) is 20.3 Å². The second-order valence-corrected chi connectivity index (χ2v) is 2.58. The zero-order valence-corrected chi connectivity index (χ0v) is 8.11. The van der Waals surface area contributed by atoms with Crippen LogP contribution in [0, 0.1) is 5.92 Å². The van der Waals surface area contributed by atoms with Crippen molar-refractivity contribution in [3.8, 4) is 0 Å². The predicted octanol–water partition coefficient (Wildman–Crippen LogP) is 0.416. The van der Waals surface area contributed by atoms with Crippen LogP contribution in [0.1, 0.15) is 20.3 Å². The van der Waals surface area contributed by atoms with Gasteiger partial charge in [-0.2, -0.15) is 0 Å². The molecule has 0 aliphatic heterocycles. The van der Waals surface area contributed by atoms with Crippen molar-refractivity contribution in [1.29, 1.82) is 0 Å². The molecule has 0 bridgehead atoms. The molecule has 1 atom stereocenters. The fourth-order valence-electron chi connectivity index (χ4n) is 0.465. The number of hydrogen-bond donors (Lipinski definition) is 1. The first-order valence-corrected chi connectivity index (χ1v) is 4.20. The molecule has 0 radical (unpaired) electrons. The van der Waals surface area contributed by atoms with Gasteiger partial charge in [0.2, 0.25) is 0 Å². The summed E-state index contributed by atoms with van der Waals surface area (Å²) < 4.78 is 4.54. The van der Waals surface area contributed by atoms with Gasteiger partial charge in [-0.25, -0.2) is 9.59 Å². The fourth-order valence-corrected chi connectivity index (χ4v) is 0.465. The smallest absolute Gasteiger partial charge is 0.440 e. The van der Waals surface area contributed by atoms with Crippen molar-refractivity contribution < 1.29 is 24.0 Å². The van der Waals surface area contributed by atoms with Crippen LogP contribution in [0.5, 0.6) is 0 Å². The molecular formula is C8H13NO5. The first kappa shape index (κ1) is 12.4. The van der Waals surface area contributed by atoms with Gasteiger partial charge >= 0.3 is 12.1 Å². The quantitative estimate of drug-likeness (QED) is 0.406. The molecule has 0 aliphatic carbocycles. The highest BCUT2D eigenvalue weighted by molar-refractivity contribution is 5.87. The van der Waals surface area contributed by atoms with Gasteiger partial charge in [0.15, 0.2) is 0 Å². The lowest BCUT2D eigenvalue weighted by Crippen LogP contribution is -2.30. The first-order valence-electron chi connectivity index (χ1n) is 4.20. The number of rotatable bonds is 4. The molecule has 0 aliphatic rings. The number of ether oxygens (including phenoxy) is 1. The van der Waals surface area contributed by atoms with E-state index in [1.54, 1.807) is 5.48 Å². The molecule has 0 aromatic rings. The average molecular weight is 203 g/mol. The summed E-state index contributed by atoms with van der Waals surface area (Å²) in [6.45, 7) is 3.43. The highest BCUT2D eigenvalue weighted by Gasteiger charge is 2.14. The van der Waals surface area contributed by atoms with Crippen LogP contribution in [-0.4, -0.2) is 25.0 Å². The summed E-state index contributed by atoms with van der Waals surface area (Å²) in [5, 5.41) is 0. The molecule has 0 aromatic heterocycles. The Hall–Kier alpha value is -1.59. The van der Waals surface area contributed by atoms with E-state index in [0.717, 1.165) is 0 Å². The Kier molecular flexibility index (Phi) is 6.09. The van der Waals surface area contributed by atoms with Crippen LogP contribution in [0.3, 0.4) is 0 Å². The topological polar surface area (TPSA) is 81.7 Å². The van der Waals surface area contributed by atoms with Crippen LogP contribution >= 0.6 is 0 Å². The third-order valence-corrected chi connectivity index (χ3v) is 1.25. The summed E-state index contributed by atoms with van der Waals surface area (Å²) in [6, 6.07) is 0. The van der Waals surface area contributed by atoms with Crippen molar-refractivity contribution in [1.82, 2.24) is 5.48 Å². The van der Waals surface area contributed by atoms with E-state index in [2.05, 4.69) is 9.57 Å². The van der Waals surface area contributed by atoms with Crippen molar-refractivity contribution in [3.63, 3.8) is 0 Å². The van der Waals surface area contributed by atoms with Gasteiger partial charge < -0.3 is 14.4 Å². The fraction of sp³-hybridized carbons (Fsp3) is 0.625. The molecule has 6 nitrogen and oxygen atoms in total. The van der Waals surface area contributed by atoms with Crippen LogP contribution in [0.25, 0.3) is 0 Å². The first-order chi connectivity index (χ1) is 6.61. The maximum atomic E-state index is 10.8. The molecular weight excluding hydrogens is 190 g/mol. The van der Waals surface area contributed by atoms with Crippen molar-refractivity contribution in [2.24, 2.45) is 5.92 Å². The van der Waals surface area contributed by atoms with Crippen molar-refractivity contribution in [3.05, 3.63) is 0 Å². The van der Waals surface area contributed by atoms with Gasteiger partial charge in [-0.3, -0.25) is 0 Å². The summed E-state index contributed by atoms with van der Waals surface area (Å²) in [7, 11) is 0. The molecule has 6 heteroatoms. The minimum absolute atomic E-state index is 0.243. The molecule has 0 aromatic carbocycles. The highest BCUT2D eigenvalue weighted by atomic mass is 16.7. The van der Waals surface area contributed by atoms with Gasteiger partial charge in [0.25, 0.3) is 0 Å². The van der Waals surface area contributed by atoms with E-state index in [9.17, 15) is 14.4 Å². The van der Waals surface area contributed by atoms with Crippen LogP contribution < -0.4 is 5.48 Å². The Morgan fingerprint density at radius 2 is 2.14 bits per heavy atom. The lowest BCUT2D eigenvalue weighted by atomic mass is 10.2. The standard InChI is InChI=1S/C8H13NO5/c1-3-4-13-8(12)9-14-7(11)6(2)5-10/h5-6H,3-4H2,1-2H3,(H,9,12). The maximum Gasteiger partial charge on any atom is 0.440 e. The second kappa shape index (κ2) is 6.88. The number of amides is 1. The van der Waals surface area contributed by atoms with E-state index in [1.165, 1.54) is 6.92 Å². The maximum absolute atomic E-state index is 10.8. The van der Waals surface area contributed by atoms with Crippen LogP contribution in [0.4, 0.5) is 4.79 Å². The van der Waals surface area contributed by atoms with E-state index >= 15 is 0 Å². The van der Waals surface area contributed by atoms with E-state index in [-0.39, 0.29) is 6.61 Å². The Balaban J connectivity index is 3.66. The Bertz CT molecular complexity index is 216. The van der Waals surface area contributed by atoms with Gasteiger partial charge in [-0.15, -0.1) is 5.48 Å². The second-order valence-electron chi connectivity index (χ2n) is 2.58. The molecule has 0 heterocycles. The molecule has 1 N–H and O–H groups in total. The molecule has 1 amide bonds. The molecule has 1 unspecified atom stereocenters. The largest absolute Gasteiger partial charge is 0.447 e. The number of carbonyl (C=O) groups is 3. The Labute approximate surface area is 81.5 Å². The average Bonchev–Trinajstić information content (AvgIpc) is 2.21. The molecule has 80 valence electrons. The summed E-state index contributed by atoms with van der Waals surface area (Å²) in [6.07, 6.45) is 0.242. The van der Waals surface area contributed by atoms with Gasteiger partial charge in [0.1, 0.15) is 12.2 Å². The lowest BCUT2D eigenvalue weighted by molar-refractivity contribution is -0.154. The zero-order valence-electron chi connectivity index (χ0n) is 8.11. The zero-order chi connectivity index (χ0) is 11.0. The van der Waals surface area contributed by atoms with Gasteiger partial charge in [0, 0.05) is 0 Å². The number of nitrogens with one attached hydrogen (secondary N) is 1. The van der Waals surface area contributed by atoms with E-state index < -0.39 is 18.0 Å². The van der Waals surface area contributed by atoms with Gasteiger partial charge in [-0.05, 0) is 13.3 Å². The van der Waals surface area contributed by atoms with Crippen molar-refractivity contribution >= 4 is 18.3 Å². The van der Waals surface area contributed by atoms with E-state index in [4.69, 9.17) is 0 Å². The Morgan fingerprint density at radius 3 is 2.64 bits per heavy atom. The van der Waals surface area contributed by atoms with Crippen molar-refractivity contribution in [2.75, 3.05) is 6.61 Å². The van der Waals surface area contributed by atoms with Crippen LogP contribution in [-0.2, 0) is 19.2 Å². The van der Waals surface area contributed by atoms with Gasteiger partial charge in [-0.1, -0.05) is 6.92 Å². The predicted molar refractivity (Wildman–Crippen MR) is 46.1 cm³/mol. The minimum Gasteiger partial charge on any atom is -0.447 e. The number of aldehydes is 1. The SMILES string of the molecule is CCCOC(=O)NOC(=O)C(C)C=O. The molecule has 0 spiro atoms. The summed E-state index contributed by atoms with van der Waals surface area (Å²) >= 11 is 0. The van der Waals surface area contributed by atoms with E-state index in [0.29, 0.717) is 12.7 Å². The summed E-state index contributed by atoms with van der Waals surface area (Å²) in [5.74, 6) is -1.73. The molecule has 0 rings (SSSR count). The molecule has 0 saturated carbocycles. The van der Waals surface area contributed by atoms with Crippen LogP contribution in [0.15, 0.2) is 0 Å². The molecule has 0 fully saturated rings. The molecule has 0 saturated heterocycles. The monoisotopic (exact) mass is 203 g/mol. The van der Waals surface area contributed by atoms with Gasteiger partial charge in [0.05, 0.1) is 6.61 Å². The number of hydroxylamine groups is 1. The third-order valence-electron chi connectivity index (χ3n) is 1.25. The molecule has 14 heavy (non-hydrogen) atoms. The number of hydrogen-bond acceptors (Lipinski definition) is 5. The summed E-state index contributed by atoms with van der Waals surface area (Å²) in [4.78, 5) is 35.9. The third kappa shape index (κ3) is 5.13. The lowest BCUT2D eigenvalue weighted by Gasteiger charge is -2.06. The minimum atomic E-state index is -0.901. The normalized spacial score (nSPS) is 11.3. The van der Waals surface area contributed by atoms with Crippen LogP contribution in [0.2, 0.25) is 0 Å². The Morgan fingerprint density at radius 1 is 1.50 bits per heavy atom. The number of carbonyl (C=O) groups excluding carboxylic acids is 3. The highest BCUT2D eigenvalue weighted by Crippen LogP contribution is 1.92. The summed E-state index contributed by atoms with van der Waals surface area (Å²) in [5.41, 5.74) is 1.76.